The molecule has 0 bridgehead atoms. The van der Waals surface area contributed by atoms with Crippen LogP contribution in [-0.2, 0) is 16.0 Å². The van der Waals surface area contributed by atoms with E-state index < -0.39 is 0 Å². The number of nitrogens with one attached hydrogen (secondary N) is 1. The monoisotopic (exact) mass is 449 g/mol. The predicted octanol–water partition coefficient (Wildman–Crippen LogP) is 1.82. The standard InChI is InChI=1S/C20H24ClN5O3S/c1-24(2)18(28)12-25-7-9-26(10-8-25)17(27)11-16-13-30-20(22-16)23-19(29)14-3-5-15(21)6-4-14/h3-6,13H,7-12H2,1-2H3,(H,22,23,29). The van der Waals surface area contributed by atoms with Crippen LogP contribution in [0, 0.1) is 0 Å². The van der Waals surface area contributed by atoms with Gasteiger partial charge in [0.15, 0.2) is 5.13 Å². The van der Waals surface area contributed by atoms with Crippen molar-refractivity contribution in [1.82, 2.24) is 19.7 Å². The number of carbonyl (C=O) groups is 3. The number of piperazine rings is 1. The number of aromatic nitrogens is 1. The second-order valence-electron chi connectivity index (χ2n) is 7.23. The maximum atomic E-state index is 12.6. The third-order valence-electron chi connectivity index (χ3n) is 4.79. The Bertz CT molecular complexity index is 907. The molecule has 30 heavy (non-hydrogen) atoms. The second kappa shape index (κ2) is 10.0. The number of hydrogen-bond acceptors (Lipinski definition) is 6. The van der Waals surface area contributed by atoms with Crippen molar-refractivity contribution in [3.8, 4) is 0 Å². The van der Waals surface area contributed by atoms with Crippen LogP contribution in [0.25, 0.3) is 0 Å². The normalized spacial score (nSPS) is 14.4. The lowest BCUT2D eigenvalue weighted by Gasteiger charge is -2.34. The molecule has 3 rings (SSSR count). The van der Waals surface area contributed by atoms with Gasteiger partial charge in [0.2, 0.25) is 11.8 Å². The Morgan fingerprint density at radius 2 is 1.80 bits per heavy atom. The molecule has 0 atom stereocenters. The average Bonchev–Trinajstić information content (AvgIpc) is 3.15. The fraction of sp³-hybridized carbons (Fsp3) is 0.400. The molecule has 0 radical (unpaired) electrons. The van der Waals surface area contributed by atoms with E-state index in [1.165, 1.54) is 11.3 Å². The second-order valence-corrected chi connectivity index (χ2v) is 8.52. The Balaban J connectivity index is 1.47. The van der Waals surface area contributed by atoms with Crippen LogP contribution in [0.5, 0.6) is 0 Å². The van der Waals surface area contributed by atoms with Gasteiger partial charge in [-0.1, -0.05) is 11.6 Å². The van der Waals surface area contributed by atoms with Crippen LogP contribution in [0.2, 0.25) is 5.02 Å². The molecule has 2 heterocycles. The minimum atomic E-state index is -0.276. The topological polar surface area (TPSA) is 85.9 Å². The van der Waals surface area contributed by atoms with Crippen molar-refractivity contribution in [3.05, 3.63) is 45.9 Å². The first-order valence-corrected chi connectivity index (χ1v) is 10.8. The molecule has 1 saturated heterocycles. The minimum Gasteiger partial charge on any atom is -0.348 e. The molecule has 1 aliphatic rings. The number of halogens is 1. The summed E-state index contributed by atoms with van der Waals surface area (Å²) in [7, 11) is 3.48. The average molecular weight is 450 g/mol. The van der Waals surface area contributed by atoms with E-state index in [0.717, 1.165) is 0 Å². The number of carbonyl (C=O) groups excluding carboxylic acids is 3. The van der Waals surface area contributed by atoms with Gasteiger partial charge < -0.3 is 9.80 Å². The van der Waals surface area contributed by atoms with E-state index >= 15 is 0 Å². The number of hydrogen-bond donors (Lipinski definition) is 1. The summed E-state index contributed by atoms with van der Waals surface area (Å²) in [5, 5.41) is 5.53. The van der Waals surface area contributed by atoms with E-state index in [1.54, 1.807) is 53.5 Å². The quantitative estimate of drug-likeness (QED) is 0.727. The maximum absolute atomic E-state index is 12.6. The fourth-order valence-electron chi connectivity index (χ4n) is 2.97. The van der Waals surface area contributed by atoms with E-state index in [9.17, 15) is 14.4 Å². The highest BCUT2D eigenvalue weighted by atomic mass is 35.5. The highest BCUT2D eigenvalue weighted by molar-refractivity contribution is 7.14. The highest BCUT2D eigenvalue weighted by Gasteiger charge is 2.23. The molecule has 1 N–H and O–H groups in total. The molecule has 0 unspecified atom stereocenters. The molecule has 160 valence electrons. The van der Waals surface area contributed by atoms with Gasteiger partial charge in [-0.2, -0.15) is 0 Å². The Morgan fingerprint density at radius 3 is 2.43 bits per heavy atom. The number of rotatable bonds is 6. The molecule has 0 aliphatic carbocycles. The predicted molar refractivity (Wildman–Crippen MR) is 117 cm³/mol. The molecule has 0 saturated carbocycles. The molecule has 0 spiro atoms. The molecular weight excluding hydrogens is 426 g/mol. The Labute approximate surface area is 184 Å². The first-order chi connectivity index (χ1) is 14.3. The number of amides is 3. The van der Waals surface area contributed by atoms with Crippen LogP contribution in [0.15, 0.2) is 29.6 Å². The number of thiazole rings is 1. The molecule has 1 fully saturated rings. The lowest BCUT2D eigenvalue weighted by Crippen LogP contribution is -2.51. The summed E-state index contributed by atoms with van der Waals surface area (Å²) >= 11 is 7.12. The molecule has 1 aromatic carbocycles. The number of anilines is 1. The van der Waals surface area contributed by atoms with Crippen LogP contribution in [0.1, 0.15) is 16.1 Å². The van der Waals surface area contributed by atoms with Crippen LogP contribution >= 0.6 is 22.9 Å². The molecule has 8 nitrogen and oxygen atoms in total. The first kappa shape index (κ1) is 22.2. The maximum Gasteiger partial charge on any atom is 0.257 e. The summed E-state index contributed by atoms with van der Waals surface area (Å²) in [5.74, 6) is -0.220. The van der Waals surface area contributed by atoms with E-state index in [-0.39, 0.29) is 24.1 Å². The molecule has 1 aromatic heterocycles. The van der Waals surface area contributed by atoms with Gasteiger partial charge in [0, 0.05) is 56.2 Å². The molecule has 10 heteroatoms. The number of benzene rings is 1. The Morgan fingerprint density at radius 1 is 1.13 bits per heavy atom. The molecule has 2 aromatic rings. The van der Waals surface area contributed by atoms with E-state index in [1.807, 2.05) is 0 Å². The van der Waals surface area contributed by atoms with Crippen LogP contribution in [-0.4, -0.2) is 84.2 Å². The van der Waals surface area contributed by atoms with Gasteiger partial charge in [-0.05, 0) is 24.3 Å². The van der Waals surface area contributed by atoms with E-state index in [4.69, 9.17) is 11.6 Å². The largest absolute Gasteiger partial charge is 0.348 e. The summed E-state index contributed by atoms with van der Waals surface area (Å²) in [6.07, 6.45) is 0.184. The van der Waals surface area contributed by atoms with Gasteiger partial charge in [-0.3, -0.25) is 24.6 Å². The van der Waals surface area contributed by atoms with Gasteiger partial charge in [0.25, 0.3) is 5.91 Å². The van der Waals surface area contributed by atoms with Gasteiger partial charge >= 0.3 is 0 Å². The summed E-state index contributed by atoms with van der Waals surface area (Å²) in [4.78, 5) is 46.4. The highest BCUT2D eigenvalue weighted by Crippen LogP contribution is 2.18. The van der Waals surface area contributed by atoms with Crippen molar-refractivity contribution < 1.29 is 14.4 Å². The van der Waals surface area contributed by atoms with E-state index in [2.05, 4.69) is 15.2 Å². The third kappa shape index (κ3) is 6.01. The van der Waals surface area contributed by atoms with Crippen molar-refractivity contribution in [1.29, 1.82) is 0 Å². The van der Waals surface area contributed by atoms with Gasteiger partial charge in [-0.15, -0.1) is 11.3 Å². The summed E-state index contributed by atoms with van der Waals surface area (Å²) in [5.41, 5.74) is 1.11. The van der Waals surface area contributed by atoms with Crippen molar-refractivity contribution >= 4 is 45.8 Å². The third-order valence-corrected chi connectivity index (χ3v) is 5.85. The lowest BCUT2D eigenvalue weighted by atomic mass is 10.2. The minimum absolute atomic E-state index is 0.00513. The molecule has 3 amide bonds. The fourth-order valence-corrected chi connectivity index (χ4v) is 3.80. The zero-order valence-electron chi connectivity index (χ0n) is 16.9. The van der Waals surface area contributed by atoms with Crippen LogP contribution < -0.4 is 5.32 Å². The van der Waals surface area contributed by atoms with Crippen molar-refractivity contribution in [2.75, 3.05) is 52.1 Å². The van der Waals surface area contributed by atoms with Crippen molar-refractivity contribution in [2.45, 2.75) is 6.42 Å². The van der Waals surface area contributed by atoms with E-state index in [0.29, 0.717) is 54.1 Å². The Hall–Kier alpha value is -2.49. The van der Waals surface area contributed by atoms with Gasteiger partial charge in [0.1, 0.15) is 0 Å². The summed E-state index contributed by atoms with van der Waals surface area (Å²) in [6.45, 7) is 2.89. The van der Waals surface area contributed by atoms with Crippen LogP contribution in [0.3, 0.4) is 0 Å². The van der Waals surface area contributed by atoms with Crippen LogP contribution in [0.4, 0.5) is 5.13 Å². The smallest absolute Gasteiger partial charge is 0.257 e. The summed E-state index contributed by atoms with van der Waals surface area (Å²) < 4.78 is 0. The first-order valence-electron chi connectivity index (χ1n) is 9.53. The zero-order valence-corrected chi connectivity index (χ0v) is 18.5. The number of likely N-dealkylation sites (N-methyl/N-ethyl adjacent to an activating group) is 1. The Kier molecular flexibility index (Phi) is 7.41. The van der Waals surface area contributed by atoms with Gasteiger partial charge in [0.05, 0.1) is 18.7 Å². The zero-order chi connectivity index (χ0) is 21.7. The van der Waals surface area contributed by atoms with Crippen molar-refractivity contribution in [3.63, 3.8) is 0 Å². The summed E-state index contributed by atoms with van der Waals surface area (Å²) in [6, 6.07) is 6.58. The number of nitrogens with zero attached hydrogens (tertiary/aromatic N) is 4. The SMILES string of the molecule is CN(C)C(=O)CN1CCN(C(=O)Cc2csc(NC(=O)c3ccc(Cl)cc3)n2)CC1. The molecular formula is C20H24ClN5O3S. The van der Waals surface area contributed by atoms with Crippen molar-refractivity contribution in [2.24, 2.45) is 0 Å². The molecule has 1 aliphatic heterocycles. The van der Waals surface area contributed by atoms with Gasteiger partial charge in [-0.25, -0.2) is 4.98 Å². The lowest BCUT2D eigenvalue weighted by molar-refractivity contribution is -0.133.